The van der Waals surface area contributed by atoms with Crippen LogP contribution >= 0.6 is 11.8 Å². The number of non-ortho nitro benzene ring substituents is 1. The standard InChI is InChI=1S/C19H19FN2O3S/c20-17-4-2-1-3-16(17)18-9-10-21(11-12-26-18)19(23)13-14-5-7-15(8-6-14)22(24)25/h1-8,18H,9-13H2. The van der Waals surface area contributed by atoms with Crippen LogP contribution in [0.5, 0.6) is 0 Å². The van der Waals surface area contributed by atoms with E-state index >= 15 is 0 Å². The Labute approximate surface area is 155 Å². The molecule has 0 spiro atoms. The lowest BCUT2D eigenvalue weighted by Crippen LogP contribution is -2.34. The molecule has 2 aromatic carbocycles. The minimum Gasteiger partial charge on any atom is -0.342 e. The van der Waals surface area contributed by atoms with Crippen LogP contribution in [0.4, 0.5) is 10.1 Å². The molecule has 1 unspecified atom stereocenters. The van der Waals surface area contributed by atoms with Gasteiger partial charge in [0.1, 0.15) is 5.82 Å². The first kappa shape index (κ1) is 18.4. The molecular weight excluding hydrogens is 355 g/mol. The third-order valence-electron chi connectivity index (χ3n) is 4.45. The molecule has 1 heterocycles. The van der Waals surface area contributed by atoms with Crippen LogP contribution in [-0.4, -0.2) is 34.6 Å². The molecule has 3 rings (SSSR count). The van der Waals surface area contributed by atoms with Crippen molar-refractivity contribution in [1.82, 2.24) is 4.90 Å². The topological polar surface area (TPSA) is 63.4 Å². The van der Waals surface area contributed by atoms with Crippen LogP contribution in [0, 0.1) is 15.9 Å². The number of rotatable bonds is 4. The van der Waals surface area contributed by atoms with Gasteiger partial charge in [-0.05, 0) is 18.1 Å². The fraction of sp³-hybridized carbons (Fsp3) is 0.316. The Balaban J connectivity index is 1.60. The van der Waals surface area contributed by atoms with Gasteiger partial charge >= 0.3 is 0 Å². The Morgan fingerprint density at radius 3 is 2.62 bits per heavy atom. The smallest absolute Gasteiger partial charge is 0.269 e. The zero-order valence-electron chi connectivity index (χ0n) is 14.1. The first-order chi connectivity index (χ1) is 12.5. The average Bonchev–Trinajstić information content (AvgIpc) is 2.89. The number of halogens is 1. The van der Waals surface area contributed by atoms with Gasteiger partial charge in [-0.1, -0.05) is 30.3 Å². The third kappa shape index (κ3) is 4.40. The molecule has 5 nitrogen and oxygen atoms in total. The number of hydrogen-bond donors (Lipinski definition) is 0. The number of benzene rings is 2. The highest BCUT2D eigenvalue weighted by atomic mass is 32.2. The first-order valence-electron chi connectivity index (χ1n) is 8.42. The maximum absolute atomic E-state index is 14.0. The van der Waals surface area contributed by atoms with Crippen molar-refractivity contribution >= 4 is 23.4 Å². The molecule has 0 radical (unpaired) electrons. The lowest BCUT2D eigenvalue weighted by Gasteiger charge is -2.20. The van der Waals surface area contributed by atoms with Gasteiger partial charge in [-0.15, -0.1) is 0 Å². The van der Waals surface area contributed by atoms with Gasteiger partial charge in [0.2, 0.25) is 5.91 Å². The molecule has 0 bridgehead atoms. The van der Waals surface area contributed by atoms with Gasteiger partial charge in [-0.3, -0.25) is 14.9 Å². The van der Waals surface area contributed by atoms with Crippen LogP contribution in [0.25, 0.3) is 0 Å². The van der Waals surface area contributed by atoms with Gasteiger partial charge in [-0.2, -0.15) is 11.8 Å². The minimum absolute atomic E-state index is 0.00589. The zero-order valence-corrected chi connectivity index (χ0v) is 15.0. The molecule has 1 aliphatic rings. The first-order valence-corrected chi connectivity index (χ1v) is 9.46. The van der Waals surface area contributed by atoms with Crippen molar-refractivity contribution < 1.29 is 14.1 Å². The number of nitro benzene ring substituents is 1. The van der Waals surface area contributed by atoms with Crippen molar-refractivity contribution in [1.29, 1.82) is 0 Å². The van der Waals surface area contributed by atoms with Crippen LogP contribution in [-0.2, 0) is 11.2 Å². The summed E-state index contributed by atoms with van der Waals surface area (Å²) < 4.78 is 14.0. The van der Waals surface area contributed by atoms with E-state index in [1.165, 1.54) is 18.2 Å². The Morgan fingerprint density at radius 2 is 1.92 bits per heavy atom. The quantitative estimate of drug-likeness (QED) is 0.600. The van der Waals surface area contributed by atoms with Crippen LogP contribution in [0.2, 0.25) is 0 Å². The van der Waals surface area contributed by atoms with E-state index in [1.54, 1.807) is 40.9 Å². The van der Waals surface area contributed by atoms with E-state index in [1.807, 2.05) is 6.07 Å². The number of carbonyl (C=O) groups is 1. The van der Waals surface area contributed by atoms with Crippen LogP contribution in [0.15, 0.2) is 48.5 Å². The summed E-state index contributed by atoms with van der Waals surface area (Å²) in [6.07, 6.45) is 0.921. The van der Waals surface area contributed by atoms with E-state index < -0.39 is 4.92 Å². The number of thioether (sulfide) groups is 1. The zero-order chi connectivity index (χ0) is 18.5. The highest BCUT2D eigenvalue weighted by Gasteiger charge is 2.23. The summed E-state index contributed by atoms with van der Waals surface area (Å²) in [5.74, 6) is 0.551. The van der Waals surface area contributed by atoms with E-state index in [0.29, 0.717) is 25.1 Å². The maximum atomic E-state index is 14.0. The summed E-state index contributed by atoms with van der Waals surface area (Å²) in [7, 11) is 0. The highest BCUT2D eigenvalue weighted by Crippen LogP contribution is 2.35. The Morgan fingerprint density at radius 1 is 1.19 bits per heavy atom. The van der Waals surface area contributed by atoms with Crippen LogP contribution in [0.1, 0.15) is 22.8 Å². The van der Waals surface area contributed by atoms with Crippen molar-refractivity contribution in [3.8, 4) is 0 Å². The van der Waals surface area contributed by atoms with E-state index in [0.717, 1.165) is 11.3 Å². The van der Waals surface area contributed by atoms with Crippen LogP contribution < -0.4 is 0 Å². The third-order valence-corrected chi connectivity index (χ3v) is 5.76. The van der Waals surface area contributed by atoms with Gasteiger partial charge in [0.05, 0.1) is 11.3 Å². The predicted molar refractivity (Wildman–Crippen MR) is 99.6 cm³/mol. The molecule has 2 aromatic rings. The molecule has 1 amide bonds. The second-order valence-electron chi connectivity index (χ2n) is 6.15. The maximum Gasteiger partial charge on any atom is 0.269 e. The molecule has 1 atom stereocenters. The molecule has 1 aliphatic heterocycles. The lowest BCUT2D eigenvalue weighted by molar-refractivity contribution is -0.384. The monoisotopic (exact) mass is 374 g/mol. The molecule has 0 aromatic heterocycles. The van der Waals surface area contributed by atoms with Crippen molar-refractivity contribution in [3.05, 3.63) is 75.6 Å². The molecule has 1 fully saturated rings. The van der Waals surface area contributed by atoms with E-state index in [4.69, 9.17) is 0 Å². The molecule has 26 heavy (non-hydrogen) atoms. The summed E-state index contributed by atoms with van der Waals surface area (Å²) >= 11 is 1.68. The Kier molecular flexibility index (Phi) is 5.88. The largest absolute Gasteiger partial charge is 0.342 e. The molecule has 0 aliphatic carbocycles. The van der Waals surface area contributed by atoms with E-state index in [2.05, 4.69) is 0 Å². The van der Waals surface area contributed by atoms with Crippen molar-refractivity contribution in [2.24, 2.45) is 0 Å². The van der Waals surface area contributed by atoms with E-state index in [9.17, 15) is 19.3 Å². The number of carbonyl (C=O) groups excluding carboxylic acids is 1. The van der Waals surface area contributed by atoms with E-state index in [-0.39, 0.29) is 29.1 Å². The Bertz CT molecular complexity index is 798. The number of hydrogen-bond acceptors (Lipinski definition) is 4. The number of nitro groups is 1. The van der Waals surface area contributed by atoms with Crippen molar-refractivity contribution in [2.45, 2.75) is 18.1 Å². The van der Waals surface area contributed by atoms with Gasteiger partial charge in [0.15, 0.2) is 0 Å². The number of amides is 1. The normalized spacial score (nSPS) is 17.6. The van der Waals surface area contributed by atoms with Gasteiger partial charge in [-0.25, -0.2) is 4.39 Å². The second-order valence-corrected chi connectivity index (χ2v) is 7.46. The number of nitrogens with zero attached hydrogens (tertiary/aromatic N) is 2. The lowest BCUT2D eigenvalue weighted by atomic mass is 10.1. The Hall–Kier alpha value is -2.41. The summed E-state index contributed by atoms with van der Waals surface area (Å²) in [6, 6.07) is 12.8. The summed E-state index contributed by atoms with van der Waals surface area (Å²) in [4.78, 5) is 24.6. The van der Waals surface area contributed by atoms with Crippen molar-refractivity contribution in [2.75, 3.05) is 18.8 Å². The molecule has 1 saturated heterocycles. The SMILES string of the molecule is O=C(Cc1ccc([N+](=O)[O-])cc1)N1CCSC(c2ccccc2F)CC1. The summed E-state index contributed by atoms with van der Waals surface area (Å²) in [6.45, 7) is 1.21. The second kappa shape index (κ2) is 8.31. The molecular formula is C19H19FN2O3S. The van der Waals surface area contributed by atoms with Gasteiger partial charge in [0.25, 0.3) is 5.69 Å². The predicted octanol–water partition coefficient (Wildman–Crippen LogP) is 3.98. The summed E-state index contributed by atoms with van der Waals surface area (Å²) in [5.41, 5.74) is 1.46. The molecule has 136 valence electrons. The minimum atomic E-state index is -0.458. The molecule has 7 heteroatoms. The van der Waals surface area contributed by atoms with Crippen molar-refractivity contribution in [3.63, 3.8) is 0 Å². The molecule has 0 saturated carbocycles. The summed E-state index contributed by atoms with van der Waals surface area (Å²) in [5, 5.41) is 10.7. The highest BCUT2D eigenvalue weighted by molar-refractivity contribution is 7.99. The fourth-order valence-corrected chi connectivity index (χ4v) is 4.28. The average molecular weight is 374 g/mol. The fourth-order valence-electron chi connectivity index (χ4n) is 3.03. The van der Waals surface area contributed by atoms with Gasteiger partial charge < -0.3 is 4.90 Å². The van der Waals surface area contributed by atoms with Crippen LogP contribution in [0.3, 0.4) is 0 Å². The molecule has 0 N–H and O–H groups in total. The van der Waals surface area contributed by atoms with Gasteiger partial charge in [0, 0.05) is 41.8 Å².